The molecule has 6 heteroatoms. The van der Waals surface area contributed by atoms with Gasteiger partial charge in [-0.25, -0.2) is 4.98 Å². The molecule has 0 aliphatic carbocycles. The van der Waals surface area contributed by atoms with Gasteiger partial charge in [0, 0.05) is 27.7 Å². The van der Waals surface area contributed by atoms with Gasteiger partial charge in [-0.05, 0) is 6.07 Å². The molecule has 0 saturated carbocycles. The molecule has 0 unspecified atom stereocenters. The highest BCUT2D eigenvalue weighted by atomic mass is 79.9. The number of benzene rings is 1. The summed E-state index contributed by atoms with van der Waals surface area (Å²) in [6, 6.07) is 7.50. The van der Waals surface area contributed by atoms with Crippen LogP contribution in [0.3, 0.4) is 0 Å². The predicted molar refractivity (Wildman–Crippen MR) is 79.6 cm³/mol. The van der Waals surface area contributed by atoms with Gasteiger partial charge in [-0.3, -0.25) is 4.79 Å². The van der Waals surface area contributed by atoms with E-state index in [1.165, 1.54) is 11.3 Å². The number of nitrogens with one attached hydrogen (secondary N) is 1. The third kappa shape index (κ3) is 3.31. The Bertz CT molecular complexity index is 559. The molecule has 0 fully saturated rings. The number of rotatable bonds is 4. The quantitative estimate of drug-likeness (QED) is 0.844. The molecule has 0 spiro atoms. The van der Waals surface area contributed by atoms with Crippen molar-refractivity contribution < 1.29 is 4.79 Å². The maximum absolute atomic E-state index is 11.4. The molecule has 0 bridgehead atoms. The van der Waals surface area contributed by atoms with Crippen molar-refractivity contribution in [3.05, 3.63) is 34.7 Å². The molecule has 2 rings (SSSR count). The number of nitrogens with zero attached hydrogens (tertiary/aromatic N) is 1. The zero-order valence-electron chi connectivity index (χ0n) is 9.32. The fraction of sp³-hybridized carbons (Fsp3) is 0.167. The van der Waals surface area contributed by atoms with E-state index in [0.717, 1.165) is 11.3 Å². The van der Waals surface area contributed by atoms with Crippen LogP contribution in [0, 0.1) is 0 Å². The van der Waals surface area contributed by atoms with Crippen molar-refractivity contribution in [2.75, 3.05) is 10.6 Å². The summed E-state index contributed by atoms with van der Waals surface area (Å²) >= 11 is 10.7. The van der Waals surface area contributed by atoms with Crippen LogP contribution in [0.2, 0.25) is 5.02 Å². The smallest absolute Gasteiger partial charge is 0.226 e. The lowest BCUT2D eigenvalue weighted by molar-refractivity contribution is -0.115. The first-order valence-corrected chi connectivity index (χ1v) is 7.65. The Kier molecular flexibility index (Phi) is 4.74. The van der Waals surface area contributed by atoms with E-state index in [-0.39, 0.29) is 5.91 Å². The average molecular weight is 346 g/mol. The first-order valence-electron chi connectivity index (χ1n) is 5.27. The first kappa shape index (κ1) is 13.5. The van der Waals surface area contributed by atoms with E-state index in [9.17, 15) is 4.79 Å². The minimum Gasteiger partial charge on any atom is -0.302 e. The number of carbonyl (C=O) groups excluding carboxylic acids is 1. The van der Waals surface area contributed by atoms with Crippen LogP contribution in [0.25, 0.3) is 11.3 Å². The zero-order chi connectivity index (χ0) is 13.0. The molecule has 0 radical (unpaired) electrons. The maximum Gasteiger partial charge on any atom is 0.226 e. The molecule has 1 heterocycles. The monoisotopic (exact) mass is 344 g/mol. The van der Waals surface area contributed by atoms with Crippen molar-refractivity contribution in [3.63, 3.8) is 0 Å². The van der Waals surface area contributed by atoms with E-state index < -0.39 is 0 Å². The molecule has 0 saturated heterocycles. The number of carbonyl (C=O) groups is 1. The van der Waals surface area contributed by atoms with Gasteiger partial charge in [-0.2, -0.15) is 0 Å². The molecule has 1 aromatic heterocycles. The number of aromatic nitrogens is 1. The molecule has 1 N–H and O–H groups in total. The molecule has 0 atom stereocenters. The SMILES string of the molecule is O=C(CCBr)Nc1nc(-c2ccccc2Cl)cs1. The van der Waals surface area contributed by atoms with Crippen molar-refractivity contribution in [1.29, 1.82) is 0 Å². The van der Waals surface area contributed by atoms with Crippen LogP contribution in [0.4, 0.5) is 5.13 Å². The average Bonchev–Trinajstić information content (AvgIpc) is 2.78. The lowest BCUT2D eigenvalue weighted by atomic mass is 10.2. The fourth-order valence-electron chi connectivity index (χ4n) is 1.39. The lowest BCUT2D eigenvalue weighted by Crippen LogP contribution is -2.11. The second kappa shape index (κ2) is 6.31. The molecule has 3 nitrogen and oxygen atoms in total. The summed E-state index contributed by atoms with van der Waals surface area (Å²) in [4.78, 5) is 15.8. The Morgan fingerprint density at radius 1 is 1.44 bits per heavy atom. The normalized spacial score (nSPS) is 10.3. The van der Waals surface area contributed by atoms with Crippen LogP contribution >= 0.6 is 38.9 Å². The summed E-state index contributed by atoms with van der Waals surface area (Å²) in [5, 5.41) is 6.52. The minimum absolute atomic E-state index is 0.0491. The Labute approximate surface area is 122 Å². The number of hydrogen-bond acceptors (Lipinski definition) is 3. The van der Waals surface area contributed by atoms with Gasteiger partial charge < -0.3 is 5.32 Å². The number of halogens is 2. The summed E-state index contributed by atoms with van der Waals surface area (Å²) in [7, 11) is 0. The van der Waals surface area contributed by atoms with Crippen molar-refractivity contribution >= 4 is 49.9 Å². The number of amides is 1. The van der Waals surface area contributed by atoms with Gasteiger partial charge >= 0.3 is 0 Å². The van der Waals surface area contributed by atoms with Crippen molar-refractivity contribution in [2.24, 2.45) is 0 Å². The molecular weight excluding hydrogens is 336 g/mol. The second-order valence-electron chi connectivity index (χ2n) is 3.50. The molecule has 2 aromatic rings. The van der Waals surface area contributed by atoms with Gasteiger partial charge in [0.1, 0.15) is 0 Å². The van der Waals surface area contributed by atoms with E-state index in [1.807, 2.05) is 29.6 Å². The predicted octanol–water partition coefficient (Wildman–Crippen LogP) is 4.19. The molecular formula is C12H10BrClN2OS. The second-order valence-corrected chi connectivity index (χ2v) is 5.56. The third-order valence-electron chi connectivity index (χ3n) is 2.22. The van der Waals surface area contributed by atoms with Crippen LogP contribution < -0.4 is 5.32 Å². The highest BCUT2D eigenvalue weighted by Gasteiger charge is 2.09. The highest BCUT2D eigenvalue weighted by Crippen LogP contribution is 2.30. The molecule has 0 aliphatic rings. The number of hydrogen-bond donors (Lipinski definition) is 1. The number of anilines is 1. The van der Waals surface area contributed by atoms with Crippen molar-refractivity contribution in [3.8, 4) is 11.3 Å². The largest absolute Gasteiger partial charge is 0.302 e. The fourth-order valence-corrected chi connectivity index (χ4v) is 2.71. The lowest BCUT2D eigenvalue weighted by Gasteiger charge is -2.00. The molecule has 0 aliphatic heterocycles. The highest BCUT2D eigenvalue weighted by molar-refractivity contribution is 9.09. The van der Waals surface area contributed by atoms with Crippen LogP contribution in [0.15, 0.2) is 29.6 Å². The zero-order valence-corrected chi connectivity index (χ0v) is 12.5. The van der Waals surface area contributed by atoms with Crippen LogP contribution in [-0.4, -0.2) is 16.2 Å². The summed E-state index contributed by atoms with van der Waals surface area (Å²) in [6.45, 7) is 0. The summed E-state index contributed by atoms with van der Waals surface area (Å²) in [5.74, 6) is -0.0491. The van der Waals surface area contributed by atoms with Crippen LogP contribution in [-0.2, 0) is 4.79 Å². The maximum atomic E-state index is 11.4. The topological polar surface area (TPSA) is 42.0 Å². The van der Waals surface area contributed by atoms with E-state index in [2.05, 4.69) is 26.2 Å². The van der Waals surface area contributed by atoms with Crippen molar-refractivity contribution in [1.82, 2.24) is 4.98 Å². The van der Waals surface area contributed by atoms with E-state index in [0.29, 0.717) is 21.9 Å². The Balaban J connectivity index is 2.16. The van der Waals surface area contributed by atoms with Crippen molar-refractivity contribution in [2.45, 2.75) is 6.42 Å². The summed E-state index contributed by atoms with van der Waals surface area (Å²) in [5.41, 5.74) is 1.65. The van der Waals surface area contributed by atoms with Gasteiger partial charge in [-0.15, -0.1) is 11.3 Å². The first-order chi connectivity index (χ1) is 8.70. The van der Waals surface area contributed by atoms with Crippen LogP contribution in [0.1, 0.15) is 6.42 Å². The van der Waals surface area contributed by atoms with Gasteiger partial charge in [-0.1, -0.05) is 45.7 Å². The molecule has 1 aromatic carbocycles. The molecule has 18 heavy (non-hydrogen) atoms. The van der Waals surface area contributed by atoms with Gasteiger partial charge in [0.15, 0.2) is 5.13 Å². The Hall–Kier alpha value is -0.910. The number of alkyl halides is 1. The van der Waals surface area contributed by atoms with Gasteiger partial charge in [0.05, 0.1) is 5.69 Å². The van der Waals surface area contributed by atoms with E-state index in [1.54, 1.807) is 0 Å². The molecule has 94 valence electrons. The van der Waals surface area contributed by atoms with E-state index in [4.69, 9.17) is 11.6 Å². The van der Waals surface area contributed by atoms with Gasteiger partial charge in [0.2, 0.25) is 5.91 Å². The Morgan fingerprint density at radius 2 is 2.22 bits per heavy atom. The minimum atomic E-state index is -0.0491. The number of thiazole rings is 1. The summed E-state index contributed by atoms with van der Waals surface area (Å²) in [6.07, 6.45) is 0.432. The summed E-state index contributed by atoms with van der Waals surface area (Å²) < 4.78 is 0. The Morgan fingerprint density at radius 3 is 2.94 bits per heavy atom. The third-order valence-corrected chi connectivity index (χ3v) is 3.71. The molecule has 1 amide bonds. The van der Waals surface area contributed by atoms with Crippen LogP contribution in [0.5, 0.6) is 0 Å². The van der Waals surface area contributed by atoms with Gasteiger partial charge in [0.25, 0.3) is 0 Å². The van der Waals surface area contributed by atoms with E-state index >= 15 is 0 Å². The standard InChI is InChI=1S/C12H10BrClN2OS/c13-6-5-11(17)16-12-15-10(7-18-12)8-3-1-2-4-9(8)14/h1-4,7H,5-6H2,(H,15,16,17).